The Morgan fingerprint density at radius 3 is 2.19 bits per heavy atom. The van der Waals surface area contributed by atoms with Crippen molar-refractivity contribution in [3.8, 4) is 16.9 Å². The van der Waals surface area contributed by atoms with Crippen LogP contribution in [0.15, 0.2) is 77.6 Å². The van der Waals surface area contributed by atoms with Crippen LogP contribution in [0.1, 0.15) is 12.0 Å². The quantitative estimate of drug-likeness (QED) is 0.293. The molecule has 0 saturated carbocycles. The van der Waals surface area contributed by atoms with Crippen LogP contribution in [-0.2, 0) is 11.2 Å². The first kappa shape index (κ1) is 24.8. The molecule has 0 atom stereocenters. The summed E-state index contributed by atoms with van der Waals surface area (Å²) in [5, 5.41) is 13.9. The van der Waals surface area contributed by atoms with E-state index < -0.39 is 6.36 Å². The van der Waals surface area contributed by atoms with Gasteiger partial charge in [-0.25, -0.2) is 5.10 Å². The van der Waals surface area contributed by atoms with E-state index in [4.69, 9.17) is 0 Å². The Labute approximate surface area is 204 Å². The van der Waals surface area contributed by atoms with Crippen LogP contribution >= 0.6 is 0 Å². The molecule has 3 N–H and O–H groups in total. The number of carbonyl (C=O) groups is 1. The van der Waals surface area contributed by atoms with E-state index in [1.54, 1.807) is 24.3 Å². The summed E-state index contributed by atoms with van der Waals surface area (Å²) >= 11 is 0. The number of H-pyrrole nitrogens is 1. The molecule has 0 aliphatic heterocycles. The SMILES string of the molecule is O=C(Cc1ccc(-c2ccc(OC(F)(F)F)cc2)cc1)NCCCNc1n[nH]c(=O)c2ccccc12. The van der Waals surface area contributed by atoms with E-state index in [0.29, 0.717) is 30.7 Å². The van der Waals surface area contributed by atoms with Crippen LogP contribution in [0, 0.1) is 0 Å². The number of nitrogens with zero attached hydrogens (tertiary/aromatic N) is 1. The first-order valence-corrected chi connectivity index (χ1v) is 11.2. The number of anilines is 1. The molecule has 0 unspecified atom stereocenters. The van der Waals surface area contributed by atoms with E-state index in [9.17, 15) is 22.8 Å². The number of rotatable bonds is 9. The van der Waals surface area contributed by atoms with Crippen LogP contribution in [0.5, 0.6) is 5.75 Å². The first-order chi connectivity index (χ1) is 17.3. The molecule has 1 aromatic heterocycles. The van der Waals surface area contributed by atoms with Gasteiger partial charge in [-0.1, -0.05) is 54.6 Å². The van der Waals surface area contributed by atoms with Gasteiger partial charge in [0, 0.05) is 18.5 Å². The van der Waals surface area contributed by atoms with Crippen LogP contribution < -0.4 is 20.9 Å². The molecule has 1 amide bonds. The molecular formula is C26H23F3N4O3. The van der Waals surface area contributed by atoms with Gasteiger partial charge in [0.2, 0.25) is 5.91 Å². The van der Waals surface area contributed by atoms with Crippen LogP contribution in [0.3, 0.4) is 0 Å². The number of hydrogen-bond donors (Lipinski definition) is 3. The van der Waals surface area contributed by atoms with Crippen LogP contribution in [0.2, 0.25) is 0 Å². The third-order valence-electron chi connectivity index (χ3n) is 5.40. The van der Waals surface area contributed by atoms with Gasteiger partial charge in [-0.2, -0.15) is 5.10 Å². The standard InChI is InChI=1S/C26H23F3N4O3/c27-26(28,29)36-20-12-10-19(11-13-20)18-8-6-17(7-9-18)16-23(34)30-14-3-15-31-24-21-4-1-2-5-22(21)25(35)33-32-24/h1-2,4-13H,3,14-16H2,(H,30,34)(H,31,32)(H,33,35). The zero-order valence-electron chi connectivity index (χ0n) is 19.1. The van der Waals surface area contributed by atoms with Gasteiger partial charge in [0.05, 0.1) is 11.8 Å². The average molecular weight is 496 g/mol. The second-order valence-electron chi connectivity index (χ2n) is 8.02. The minimum Gasteiger partial charge on any atom is -0.406 e. The number of aromatic nitrogens is 2. The fourth-order valence-corrected chi connectivity index (χ4v) is 3.68. The third kappa shape index (κ3) is 6.62. The summed E-state index contributed by atoms with van der Waals surface area (Å²) in [5.41, 5.74) is 2.12. The zero-order chi connectivity index (χ0) is 25.5. The number of fused-ring (bicyclic) bond motifs is 1. The van der Waals surface area contributed by atoms with Crippen molar-refractivity contribution in [2.75, 3.05) is 18.4 Å². The van der Waals surface area contributed by atoms with Crippen LogP contribution in [0.25, 0.3) is 21.9 Å². The fraction of sp³-hybridized carbons (Fsp3) is 0.192. The van der Waals surface area contributed by atoms with Crippen molar-refractivity contribution >= 4 is 22.5 Å². The van der Waals surface area contributed by atoms with Gasteiger partial charge >= 0.3 is 6.36 Å². The van der Waals surface area contributed by atoms with Crippen LogP contribution in [0.4, 0.5) is 19.0 Å². The van der Waals surface area contributed by atoms with Crippen molar-refractivity contribution < 1.29 is 22.7 Å². The summed E-state index contributed by atoms with van der Waals surface area (Å²) in [5.74, 6) is 0.182. The van der Waals surface area contributed by atoms with Crippen molar-refractivity contribution in [2.45, 2.75) is 19.2 Å². The van der Waals surface area contributed by atoms with E-state index in [1.165, 1.54) is 12.1 Å². The van der Waals surface area contributed by atoms with Gasteiger partial charge in [0.1, 0.15) is 5.75 Å². The Bertz CT molecular complexity index is 1380. The average Bonchev–Trinajstić information content (AvgIpc) is 2.85. The molecule has 7 nitrogen and oxygen atoms in total. The topological polar surface area (TPSA) is 96.1 Å². The number of halogens is 3. The number of aromatic amines is 1. The number of nitrogens with one attached hydrogen (secondary N) is 3. The van der Waals surface area contributed by atoms with Crippen molar-refractivity contribution in [2.24, 2.45) is 0 Å². The molecule has 1 heterocycles. The Balaban J connectivity index is 1.22. The summed E-state index contributed by atoms with van der Waals surface area (Å²) in [6.45, 7) is 1.03. The summed E-state index contributed by atoms with van der Waals surface area (Å²) in [7, 11) is 0. The smallest absolute Gasteiger partial charge is 0.406 e. The number of benzene rings is 3. The van der Waals surface area contributed by atoms with E-state index >= 15 is 0 Å². The molecule has 4 aromatic rings. The van der Waals surface area contributed by atoms with Crippen molar-refractivity contribution in [3.63, 3.8) is 0 Å². The summed E-state index contributed by atoms with van der Waals surface area (Å²) in [6, 6.07) is 20.0. The molecule has 186 valence electrons. The monoisotopic (exact) mass is 496 g/mol. The molecule has 3 aromatic carbocycles. The molecule has 0 fully saturated rings. The maximum absolute atomic E-state index is 12.3. The predicted molar refractivity (Wildman–Crippen MR) is 131 cm³/mol. The lowest BCUT2D eigenvalue weighted by Crippen LogP contribution is -2.27. The normalized spacial score (nSPS) is 11.3. The summed E-state index contributed by atoms with van der Waals surface area (Å²) < 4.78 is 40.8. The van der Waals surface area contributed by atoms with Gasteiger partial charge in [-0.05, 0) is 41.3 Å². The molecule has 0 bridgehead atoms. The van der Waals surface area contributed by atoms with Crippen molar-refractivity contribution in [3.05, 3.63) is 88.7 Å². The predicted octanol–water partition coefficient (Wildman–Crippen LogP) is 4.65. The Morgan fingerprint density at radius 1 is 0.889 bits per heavy atom. The minimum atomic E-state index is -4.73. The zero-order valence-corrected chi connectivity index (χ0v) is 19.1. The van der Waals surface area contributed by atoms with Crippen molar-refractivity contribution in [1.29, 1.82) is 0 Å². The maximum Gasteiger partial charge on any atom is 0.573 e. The number of ether oxygens (including phenoxy) is 1. The molecule has 10 heteroatoms. The Kier molecular flexibility index (Phi) is 7.53. The minimum absolute atomic E-state index is 0.121. The van der Waals surface area contributed by atoms with Gasteiger partial charge < -0.3 is 15.4 Å². The maximum atomic E-state index is 12.3. The highest BCUT2D eigenvalue weighted by molar-refractivity contribution is 5.90. The molecular weight excluding hydrogens is 473 g/mol. The highest BCUT2D eigenvalue weighted by Gasteiger charge is 2.30. The van der Waals surface area contributed by atoms with Crippen LogP contribution in [-0.4, -0.2) is 35.6 Å². The molecule has 0 radical (unpaired) electrons. The van der Waals surface area contributed by atoms with E-state index in [2.05, 4.69) is 25.6 Å². The Hall–Kier alpha value is -4.34. The largest absolute Gasteiger partial charge is 0.573 e. The number of hydrogen-bond acceptors (Lipinski definition) is 5. The molecule has 0 spiro atoms. The molecule has 0 aliphatic rings. The molecule has 36 heavy (non-hydrogen) atoms. The third-order valence-corrected chi connectivity index (χ3v) is 5.40. The lowest BCUT2D eigenvalue weighted by Gasteiger charge is -2.10. The van der Waals surface area contributed by atoms with Gasteiger partial charge in [0.25, 0.3) is 5.56 Å². The fourth-order valence-electron chi connectivity index (χ4n) is 3.68. The second kappa shape index (κ2) is 10.9. The highest BCUT2D eigenvalue weighted by Crippen LogP contribution is 2.26. The Morgan fingerprint density at radius 2 is 1.53 bits per heavy atom. The molecule has 0 saturated heterocycles. The number of carbonyl (C=O) groups excluding carboxylic acids is 1. The second-order valence-corrected chi connectivity index (χ2v) is 8.02. The highest BCUT2D eigenvalue weighted by atomic mass is 19.4. The van der Waals surface area contributed by atoms with Gasteiger partial charge in [-0.15, -0.1) is 13.2 Å². The van der Waals surface area contributed by atoms with Gasteiger partial charge in [0.15, 0.2) is 5.82 Å². The van der Waals surface area contributed by atoms with E-state index in [1.807, 2.05) is 36.4 Å². The molecule has 4 rings (SSSR count). The van der Waals surface area contributed by atoms with E-state index in [0.717, 1.165) is 22.1 Å². The first-order valence-electron chi connectivity index (χ1n) is 11.2. The molecule has 0 aliphatic carbocycles. The number of alkyl halides is 3. The lowest BCUT2D eigenvalue weighted by atomic mass is 10.0. The lowest BCUT2D eigenvalue weighted by molar-refractivity contribution is -0.274. The number of amides is 1. The summed E-state index contributed by atoms with van der Waals surface area (Å²) in [6.07, 6.45) is -3.86. The van der Waals surface area contributed by atoms with Gasteiger partial charge in [-0.3, -0.25) is 9.59 Å². The van der Waals surface area contributed by atoms with E-state index in [-0.39, 0.29) is 23.6 Å². The summed E-state index contributed by atoms with van der Waals surface area (Å²) in [4.78, 5) is 24.1. The van der Waals surface area contributed by atoms with Crippen molar-refractivity contribution in [1.82, 2.24) is 15.5 Å².